The van der Waals surface area contributed by atoms with E-state index in [1.165, 1.54) is 6.08 Å². The number of rotatable bonds is 5. The summed E-state index contributed by atoms with van der Waals surface area (Å²) in [5.41, 5.74) is -0.589. The maximum atomic E-state index is 13.3. The molecule has 0 fully saturated rings. The van der Waals surface area contributed by atoms with E-state index in [1.54, 1.807) is 0 Å². The van der Waals surface area contributed by atoms with Gasteiger partial charge in [0.1, 0.15) is 12.4 Å². The summed E-state index contributed by atoms with van der Waals surface area (Å²) in [6.45, 7) is 2.58. The van der Waals surface area contributed by atoms with E-state index in [4.69, 9.17) is 5.11 Å². The predicted molar refractivity (Wildman–Crippen MR) is 64.7 cm³/mol. The number of hydrogen-bond acceptors (Lipinski definition) is 2. The van der Waals surface area contributed by atoms with Crippen molar-refractivity contribution in [2.75, 3.05) is 18.4 Å². The summed E-state index contributed by atoms with van der Waals surface area (Å²) in [5, 5.41) is 10.6. The highest BCUT2D eigenvalue weighted by molar-refractivity contribution is 5.91. The van der Waals surface area contributed by atoms with Crippen molar-refractivity contribution in [2.45, 2.75) is 0 Å². The number of anilines is 1. The predicted octanol–water partition coefficient (Wildman–Crippen LogP) is 2.21. The number of carbonyl (C=O) groups excluding carboxylic acids is 1. The zero-order chi connectivity index (χ0) is 15.3. The van der Waals surface area contributed by atoms with Crippen LogP contribution in [0.2, 0.25) is 0 Å². The van der Waals surface area contributed by atoms with Gasteiger partial charge < -0.3 is 15.3 Å². The van der Waals surface area contributed by atoms with Crippen LogP contribution in [0.15, 0.2) is 24.8 Å². The van der Waals surface area contributed by atoms with Crippen molar-refractivity contribution in [3.8, 4) is 0 Å². The minimum absolute atomic E-state index is 0.108. The Morgan fingerprint density at radius 1 is 1.25 bits per heavy atom. The highest BCUT2D eigenvalue weighted by atomic mass is 19.2. The second-order valence-electron chi connectivity index (χ2n) is 3.74. The third-order valence-corrected chi connectivity index (χ3v) is 2.21. The number of hydrogen-bond donors (Lipinski definition) is 2. The molecule has 108 valence electrons. The van der Waals surface area contributed by atoms with Gasteiger partial charge in [-0.05, 0) is 0 Å². The first-order chi connectivity index (χ1) is 9.35. The molecule has 5 nitrogen and oxygen atoms in total. The van der Waals surface area contributed by atoms with Crippen LogP contribution in [-0.4, -0.2) is 35.1 Å². The zero-order valence-electron chi connectivity index (χ0n) is 10.2. The van der Waals surface area contributed by atoms with Crippen molar-refractivity contribution in [1.82, 2.24) is 4.90 Å². The lowest BCUT2D eigenvalue weighted by Crippen LogP contribution is -2.39. The Morgan fingerprint density at radius 2 is 1.85 bits per heavy atom. The zero-order valence-corrected chi connectivity index (χ0v) is 10.2. The largest absolute Gasteiger partial charge is 0.480 e. The van der Waals surface area contributed by atoms with Crippen LogP contribution in [0, 0.1) is 17.5 Å². The van der Waals surface area contributed by atoms with Crippen LogP contribution >= 0.6 is 0 Å². The standard InChI is InChI=1S/C12H11F3N2O3/c1-2-3-17(6-11(18)19)12(20)16-10-5-8(14)7(13)4-9(10)15/h2,4-5H,1,3,6H2,(H,16,20)(H,18,19). The third-order valence-electron chi connectivity index (χ3n) is 2.21. The summed E-state index contributed by atoms with van der Waals surface area (Å²) in [6, 6.07) is -0.229. The fraction of sp³-hybridized carbons (Fsp3) is 0.167. The van der Waals surface area contributed by atoms with Crippen molar-refractivity contribution in [3.63, 3.8) is 0 Å². The van der Waals surface area contributed by atoms with E-state index in [2.05, 4.69) is 6.58 Å². The van der Waals surface area contributed by atoms with Crippen molar-refractivity contribution in [3.05, 3.63) is 42.2 Å². The molecule has 0 radical (unpaired) electrons. The van der Waals surface area contributed by atoms with Crippen molar-refractivity contribution in [2.24, 2.45) is 0 Å². The summed E-state index contributed by atoms with van der Waals surface area (Å²) in [5.74, 6) is -5.19. The lowest BCUT2D eigenvalue weighted by molar-refractivity contribution is -0.137. The van der Waals surface area contributed by atoms with E-state index < -0.39 is 41.7 Å². The lowest BCUT2D eigenvalue weighted by atomic mass is 10.3. The molecular weight excluding hydrogens is 277 g/mol. The topological polar surface area (TPSA) is 69.6 Å². The number of carboxylic acids is 1. The summed E-state index contributed by atoms with van der Waals surface area (Å²) >= 11 is 0. The molecule has 0 heterocycles. The Bertz CT molecular complexity index is 549. The molecule has 8 heteroatoms. The van der Waals surface area contributed by atoms with E-state index in [9.17, 15) is 22.8 Å². The number of nitrogens with zero attached hydrogens (tertiary/aromatic N) is 1. The molecule has 2 amide bonds. The number of carboxylic acid groups (broad SMARTS) is 1. The van der Waals surface area contributed by atoms with Gasteiger partial charge in [0.05, 0.1) is 5.69 Å². The van der Waals surface area contributed by atoms with E-state index in [-0.39, 0.29) is 12.6 Å². The average molecular weight is 288 g/mol. The van der Waals surface area contributed by atoms with Crippen LogP contribution < -0.4 is 5.32 Å². The minimum atomic E-state index is -1.39. The molecule has 1 aromatic carbocycles. The third kappa shape index (κ3) is 4.01. The van der Waals surface area contributed by atoms with E-state index in [1.807, 2.05) is 5.32 Å². The fourth-order valence-corrected chi connectivity index (χ4v) is 1.35. The smallest absolute Gasteiger partial charge is 0.323 e. The Morgan fingerprint density at radius 3 is 2.40 bits per heavy atom. The number of nitrogens with one attached hydrogen (secondary N) is 1. The fourth-order valence-electron chi connectivity index (χ4n) is 1.35. The van der Waals surface area contributed by atoms with Gasteiger partial charge in [0.15, 0.2) is 11.6 Å². The summed E-state index contributed by atoms with van der Waals surface area (Å²) in [7, 11) is 0. The number of benzene rings is 1. The number of carbonyl (C=O) groups is 2. The Balaban J connectivity index is 2.90. The molecule has 0 spiro atoms. The summed E-state index contributed by atoms with van der Waals surface area (Å²) in [4.78, 5) is 23.1. The maximum Gasteiger partial charge on any atom is 0.323 e. The van der Waals surface area contributed by atoms with Gasteiger partial charge in [-0.1, -0.05) is 6.08 Å². The second kappa shape index (κ2) is 6.60. The molecule has 0 saturated carbocycles. The lowest BCUT2D eigenvalue weighted by Gasteiger charge is -2.19. The first-order valence-corrected chi connectivity index (χ1v) is 5.38. The van der Waals surface area contributed by atoms with Gasteiger partial charge in [0.25, 0.3) is 0 Å². The Labute approximate surface area is 112 Å². The summed E-state index contributed by atoms with van der Waals surface area (Å²) in [6.07, 6.45) is 1.27. The van der Waals surface area contributed by atoms with Gasteiger partial charge in [-0.2, -0.15) is 0 Å². The quantitative estimate of drug-likeness (QED) is 0.644. The van der Waals surface area contributed by atoms with Crippen LogP contribution in [0.25, 0.3) is 0 Å². The molecule has 0 atom stereocenters. The number of urea groups is 1. The first kappa shape index (κ1) is 15.5. The highest BCUT2D eigenvalue weighted by Gasteiger charge is 2.18. The van der Waals surface area contributed by atoms with E-state index in [0.29, 0.717) is 6.07 Å². The molecule has 0 saturated heterocycles. The van der Waals surface area contributed by atoms with Crippen LogP contribution in [0.4, 0.5) is 23.7 Å². The monoisotopic (exact) mass is 288 g/mol. The number of aliphatic carboxylic acids is 1. The van der Waals surface area contributed by atoms with Gasteiger partial charge in [0.2, 0.25) is 0 Å². The SMILES string of the molecule is C=CCN(CC(=O)O)C(=O)Nc1cc(F)c(F)cc1F. The van der Waals surface area contributed by atoms with Crippen LogP contribution in [0.3, 0.4) is 0 Å². The Hall–Kier alpha value is -2.51. The van der Waals surface area contributed by atoms with Gasteiger partial charge in [-0.25, -0.2) is 18.0 Å². The Kier molecular flexibility index (Phi) is 5.13. The molecule has 0 aromatic heterocycles. The molecule has 0 aliphatic rings. The van der Waals surface area contributed by atoms with Gasteiger partial charge >= 0.3 is 12.0 Å². The number of amides is 2. The molecule has 1 rings (SSSR count). The highest BCUT2D eigenvalue weighted by Crippen LogP contribution is 2.18. The number of halogens is 3. The van der Waals surface area contributed by atoms with Crippen LogP contribution in [-0.2, 0) is 4.79 Å². The minimum Gasteiger partial charge on any atom is -0.480 e. The molecule has 0 unspecified atom stereocenters. The molecule has 0 aliphatic heterocycles. The van der Waals surface area contributed by atoms with E-state index in [0.717, 1.165) is 4.90 Å². The molecule has 1 aromatic rings. The molecule has 0 bridgehead atoms. The molecular formula is C12H11F3N2O3. The van der Waals surface area contributed by atoms with Crippen molar-refractivity contribution in [1.29, 1.82) is 0 Å². The summed E-state index contributed by atoms with van der Waals surface area (Å²) < 4.78 is 39.0. The van der Waals surface area contributed by atoms with Crippen molar-refractivity contribution >= 4 is 17.7 Å². The van der Waals surface area contributed by atoms with Crippen LogP contribution in [0.1, 0.15) is 0 Å². The maximum absolute atomic E-state index is 13.3. The average Bonchev–Trinajstić information content (AvgIpc) is 2.34. The van der Waals surface area contributed by atoms with Gasteiger partial charge in [-0.3, -0.25) is 4.79 Å². The van der Waals surface area contributed by atoms with Gasteiger partial charge in [-0.15, -0.1) is 6.58 Å². The normalized spacial score (nSPS) is 9.95. The van der Waals surface area contributed by atoms with Crippen LogP contribution in [0.5, 0.6) is 0 Å². The molecule has 0 aliphatic carbocycles. The molecule has 2 N–H and O–H groups in total. The van der Waals surface area contributed by atoms with Crippen molar-refractivity contribution < 1.29 is 27.9 Å². The molecule has 20 heavy (non-hydrogen) atoms. The van der Waals surface area contributed by atoms with Gasteiger partial charge in [0, 0.05) is 18.7 Å². The van der Waals surface area contributed by atoms with E-state index >= 15 is 0 Å². The second-order valence-corrected chi connectivity index (χ2v) is 3.74. The first-order valence-electron chi connectivity index (χ1n) is 5.38.